The fraction of sp³-hybridized carbons (Fsp3) is 0.650. The summed E-state index contributed by atoms with van der Waals surface area (Å²) in [5, 5.41) is 16.3. The molecule has 31 heavy (non-hydrogen) atoms. The maximum absolute atomic E-state index is 12.6. The first-order chi connectivity index (χ1) is 14.4. The van der Waals surface area contributed by atoms with Crippen LogP contribution in [0.1, 0.15) is 25.3 Å². The van der Waals surface area contributed by atoms with Crippen LogP contribution in [0.15, 0.2) is 29.3 Å². The third kappa shape index (κ3) is 11.2. The number of alkyl halides is 3. The summed E-state index contributed by atoms with van der Waals surface area (Å²) in [6.45, 7) is 5.32. The second-order valence-electron chi connectivity index (χ2n) is 6.84. The molecule has 0 saturated carbocycles. The maximum Gasteiger partial charge on any atom is 0.416 e. The van der Waals surface area contributed by atoms with Gasteiger partial charge in [0, 0.05) is 26.3 Å². The summed E-state index contributed by atoms with van der Waals surface area (Å²) < 4.78 is 54.0. The highest BCUT2D eigenvalue weighted by Gasteiger charge is 2.30. The molecule has 0 spiro atoms. The van der Waals surface area contributed by atoms with Crippen LogP contribution in [0.4, 0.5) is 13.2 Å². The molecule has 1 aliphatic rings. The smallest absolute Gasteiger partial charge is 0.416 e. The molecule has 1 fully saturated rings. The lowest BCUT2D eigenvalue weighted by atomic mass is 10.2. The molecule has 178 valence electrons. The first-order valence-electron chi connectivity index (χ1n) is 10.1. The van der Waals surface area contributed by atoms with Crippen molar-refractivity contribution in [3.05, 3.63) is 29.8 Å². The molecule has 0 radical (unpaired) electrons. The maximum atomic E-state index is 12.6. The lowest BCUT2D eigenvalue weighted by Crippen LogP contribution is -2.39. The summed E-state index contributed by atoms with van der Waals surface area (Å²) in [5.41, 5.74) is -0.747. The largest absolute Gasteiger partial charge is 0.491 e. The predicted molar refractivity (Wildman–Crippen MR) is 122 cm³/mol. The SMILES string of the molecule is CCNC(=NCC(O)COc1ccc(C(F)(F)F)cc1)NCCCOC1CCOC1.I. The van der Waals surface area contributed by atoms with E-state index in [0.717, 1.165) is 31.6 Å². The van der Waals surface area contributed by atoms with Crippen molar-refractivity contribution in [1.82, 2.24) is 10.6 Å². The number of benzene rings is 1. The molecule has 0 aromatic heterocycles. The van der Waals surface area contributed by atoms with Gasteiger partial charge in [0.25, 0.3) is 0 Å². The quantitative estimate of drug-likeness (QED) is 0.167. The summed E-state index contributed by atoms with van der Waals surface area (Å²) in [6, 6.07) is 4.33. The molecule has 11 heteroatoms. The van der Waals surface area contributed by atoms with Crippen molar-refractivity contribution in [3.63, 3.8) is 0 Å². The molecule has 2 atom stereocenters. The highest BCUT2D eigenvalue weighted by atomic mass is 127. The molecule has 1 aromatic carbocycles. The fourth-order valence-corrected chi connectivity index (χ4v) is 2.70. The van der Waals surface area contributed by atoms with Crippen molar-refractivity contribution < 1.29 is 32.5 Å². The normalized spacial score (nSPS) is 17.7. The number of rotatable bonds is 11. The van der Waals surface area contributed by atoms with Gasteiger partial charge in [0.15, 0.2) is 5.96 Å². The lowest BCUT2D eigenvalue weighted by Gasteiger charge is -2.15. The fourth-order valence-electron chi connectivity index (χ4n) is 2.70. The van der Waals surface area contributed by atoms with E-state index in [1.54, 1.807) is 0 Å². The molecule has 2 rings (SSSR count). The van der Waals surface area contributed by atoms with Gasteiger partial charge in [-0.3, -0.25) is 4.99 Å². The summed E-state index contributed by atoms with van der Waals surface area (Å²) in [6.07, 6.45) is -3.36. The molecule has 0 bridgehead atoms. The summed E-state index contributed by atoms with van der Waals surface area (Å²) in [5.74, 6) is 0.819. The molecule has 2 unspecified atom stereocenters. The second kappa shape index (κ2) is 14.7. The first kappa shape index (κ1) is 27.7. The Labute approximate surface area is 197 Å². The number of halogens is 4. The van der Waals surface area contributed by atoms with Crippen LogP contribution < -0.4 is 15.4 Å². The number of hydrogen-bond acceptors (Lipinski definition) is 5. The Balaban J connectivity index is 0.00000480. The van der Waals surface area contributed by atoms with Crippen LogP contribution in [-0.2, 0) is 15.7 Å². The number of aliphatic hydroxyl groups excluding tert-OH is 1. The highest BCUT2D eigenvalue weighted by Crippen LogP contribution is 2.30. The Morgan fingerprint density at radius 3 is 2.65 bits per heavy atom. The second-order valence-corrected chi connectivity index (χ2v) is 6.84. The first-order valence-corrected chi connectivity index (χ1v) is 10.1. The number of ether oxygens (including phenoxy) is 3. The molecule has 0 amide bonds. The van der Waals surface area contributed by atoms with Gasteiger partial charge >= 0.3 is 6.18 Å². The molecule has 1 saturated heterocycles. The topological polar surface area (TPSA) is 84.3 Å². The van der Waals surface area contributed by atoms with E-state index in [9.17, 15) is 18.3 Å². The number of nitrogens with one attached hydrogen (secondary N) is 2. The van der Waals surface area contributed by atoms with Gasteiger partial charge in [-0.2, -0.15) is 13.2 Å². The number of nitrogens with zero attached hydrogens (tertiary/aromatic N) is 1. The van der Waals surface area contributed by atoms with Crippen molar-refractivity contribution in [2.75, 3.05) is 46.1 Å². The van der Waals surface area contributed by atoms with Crippen molar-refractivity contribution in [3.8, 4) is 5.75 Å². The Morgan fingerprint density at radius 2 is 2.03 bits per heavy atom. The van der Waals surface area contributed by atoms with E-state index >= 15 is 0 Å². The van der Waals surface area contributed by atoms with E-state index in [-0.39, 0.29) is 49.0 Å². The van der Waals surface area contributed by atoms with Crippen LogP contribution in [0.3, 0.4) is 0 Å². The monoisotopic (exact) mass is 561 g/mol. The molecule has 1 heterocycles. The van der Waals surface area contributed by atoms with Crippen molar-refractivity contribution >= 4 is 29.9 Å². The predicted octanol–water partition coefficient (Wildman–Crippen LogP) is 2.81. The lowest BCUT2D eigenvalue weighted by molar-refractivity contribution is -0.137. The van der Waals surface area contributed by atoms with Crippen molar-refractivity contribution in [1.29, 1.82) is 0 Å². The summed E-state index contributed by atoms with van der Waals surface area (Å²) in [7, 11) is 0. The average molecular weight is 561 g/mol. The van der Waals surface area contributed by atoms with Crippen LogP contribution in [-0.4, -0.2) is 69.3 Å². The van der Waals surface area contributed by atoms with E-state index in [0.29, 0.717) is 32.3 Å². The summed E-state index contributed by atoms with van der Waals surface area (Å²) >= 11 is 0. The van der Waals surface area contributed by atoms with Crippen LogP contribution in [0.2, 0.25) is 0 Å². The Bertz CT molecular complexity index is 642. The van der Waals surface area contributed by atoms with Gasteiger partial charge in [-0.05, 0) is 44.0 Å². The zero-order valence-corrected chi connectivity index (χ0v) is 19.8. The standard InChI is InChI=1S/C20H30F3N3O4.HI/c1-2-24-19(25-9-3-10-29-18-8-11-28-14-18)26-12-16(27)13-30-17-6-4-15(5-7-17)20(21,22)23;/h4-7,16,18,27H,2-3,8-14H2,1H3,(H2,24,25,26);1H. The molecule has 0 aliphatic carbocycles. The van der Waals surface area contributed by atoms with Crippen molar-refractivity contribution in [2.24, 2.45) is 4.99 Å². The Hall–Kier alpha value is -1.31. The number of hydrogen-bond donors (Lipinski definition) is 3. The van der Waals surface area contributed by atoms with E-state index in [2.05, 4.69) is 15.6 Å². The average Bonchev–Trinajstić information content (AvgIpc) is 3.23. The third-order valence-corrected chi connectivity index (χ3v) is 4.28. The van der Waals surface area contributed by atoms with E-state index in [1.807, 2.05) is 6.92 Å². The molecule has 3 N–H and O–H groups in total. The van der Waals surface area contributed by atoms with Crippen LogP contribution >= 0.6 is 24.0 Å². The minimum Gasteiger partial charge on any atom is -0.491 e. The minimum absolute atomic E-state index is 0. The zero-order chi connectivity index (χ0) is 21.8. The van der Waals surface area contributed by atoms with E-state index in [1.165, 1.54) is 12.1 Å². The van der Waals surface area contributed by atoms with Gasteiger partial charge in [-0.15, -0.1) is 24.0 Å². The van der Waals surface area contributed by atoms with Crippen LogP contribution in [0, 0.1) is 0 Å². The zero-order valence-electron chi connectivity index (χ0n) is 17.5. The van der Waals surface area contributed by atoms with Crippen LogP contribution in [0.5, 0.6) is 5.75 Å². The van der Waals surface area contributed by atoms with Gasteiger partial charge in [0.1, 0.15) is 18.5 Å². The van der Waals surface area contributed by atoms with E-state index < -0.39 is 17.8 Å². The molecule has 1 aliphatic heterocycles. The Morgan fingerprint density at radius 1 is 1.29 bits per heavy atom. The van der Waals surface area contributed by atoms with Gasteiger partial charge in [0.05, 0.1) is 24.8 Å². The van der Waals surface area contributed by atoms with E-state index in [4.69, 9.17) is 14.2 Å². The Kier molecular flexibility index (Phi) is 13.1. The summed E-state index contributed by atoms with van der Waals surface area (Å²) in [4.78, 5) is 4.30. The molecule has 7 nitrogen and oxygen atoms in total. The van der Waals surface area contributed by atoms with Gasteiger partial charge < -0.3 is 30.0 Å². The van der Waals surface area contributed by atoms with Gasteiger partial charge in [-0.25, -0.2) is 0 Å². The van der Waals surface area contributed by atoms with Gasteiger partial charge in [-0.1, -0.05) is 0 Å². The number of aliphatic imine (C=N–C) groups is 1. The van der Waals surface area contributed by atoms with Crippen LogP contribution in [0.25, 0.3) is 0 Å². The molecular weight excluding hydrogens is 530 g/mol. The minimum atomic E-state index is -4.39. The number of aliphatic hydroxyl groups is 1. The third-order valence-electron chi connectivity index (χ3n) is 4.28. The number of guanidine groups is 1. The highest BCUT2D eigenvalue weighted by molar-refractivity contribution is 14.0. The van der Waals surface area contributed by atoms with Crippen molar-refractivity contribution in [2.45, 2.75) is 38.1 Å². The molecular formula is C20H31F3IN3O4. The van der Waals surface area contributed by atoms with Gasteiger partial charge in [0.2, 0.25) is 0 Å². The molecule has 1 aromatic rings.